The van der Waals surface area contributed by atoms with Gasteiger partial charge in [-0.2, -0.15) is 0 Å². The van der Waals surface area contributed by atoms with Crippen LogP contribution < -0.4 is 3.58 Å². The van der Waals surface area contributed by atoms with Gasteiger partial charge in [-0.1, -0.05) is 0 Å². The fourth-order valence-corrected chi connectivity index (χ4v) is 19.5. The number of carbonyl (C=O) groups is 1. The molecule has 0 aliphatic carbocycles. The molecule has 0 heterocycles. The van der Waals surface area contributed by atoms with E-state index in [1.807, 2.05) is 6.07 Å². The number of hydrogen-bond donors (Lipinski definition) is 0. The van der Waals surface area contributed by atoms with E-state index < -0.39 is 18.4 Å². The third-order valence-corrected chi connectivity index (χ3v) is 20.5. The first-order valence-corrected chi connectivity index (χ1v) is 16.7. The number of rotatable bonds is 11. The zero-order chi connectivity index (χ0) is 16.4. The molecule has 1 nitrogen and oxygen atoms in total. The molecule has 124 valence electrons. The average molecular weight is 409 g/mol. The van der Waals surface area contributed by atoms with E-state index in [-0.39, 0.29) is 5.78 Å². The van der Waals surface area contributed by atoms with Crippen molar-refractivity contribution in [3.8, 4) is 0 Å². The Bertz CT molecular complexity index is 431. The molecule has 0 saturated carbocycles. The van der Waals surface area contributed by atoms with Gasteiger partial charge in [-0.15, -0.1) is 0 Å². The van der Waals surface area contributed by atoms with Crippen LogP contribution in [0.4, 0.5) is 0 Å². The molecule has 1 aromatic carbocycles. The van der Waals surface area contributed by atoms with E-state index in [1.165, 1.54) is 51.8 Å². The second-order valence-electron chi connectivity index (χ2n) is 6.73. The molecule has 22 heavy (non-hydrogen) atoms. The van der Waals surface area contributed by atoms with E-state index in [9.17, 15) is 4.79 Å². The molecule has 0 bridgehead atoms. The number of Topliss-reactive ketones (excluding diaryl/α,β-unsaturated/α-hetero) is 1. The molecule has 0 amide bonds. The van der Waals surface area contributed by atoms with Gasteiger partial charge >= 0.3 is 142 Å². The predicted molar refractivity (Wildman–Crippen MR) is 101 cm³/mol. The summed E-state index contributed by atoms with van der Waals surface area (Å²) in [4.78, 5) is 11.8. The Balaban J connectivity index is 3.18. The number of benzene rings is 1. The van der Waals surface area contributed by atoms with Crippen molar-refractivity contribution in [1.29, 1.82) is 0 Å². The van der Waals surface area contributed by atoms with Crippen LogP contribution >= 0.6 is 0 Å². The Kier molecular flexibility index (Phi) is 9.38. The summed E-state index contributed by atoms with van der Waals surface area (Å²) in [6.07, 6.45) is 7.99. The maximum atomic E-state index is 11.8. The predicted octanol–water partition coefficient (Wildman–Crippen LogP) is 5.95. The summed E-state index contributed by atoms with van der Waals surface area (Å²) < 4.78 is 6.00. The maximum absolute atomic E-state index is 11.8. The molecule has 0 atom stereocenters. The van der Waals surface area contributed by atoms with Crippen LogP contribution in [-0.4, -0.2) is 24.2 Å². The Morgan fingerprint density at radius 2 is 1.41 bits per heavy atom. The van der Waals surface area contributed by atoms with Crippen LogP contribution in [0.25, 0.3) is 0 Å². The normalized spacial score (nSPS) is 11.6. The van der Waals surface area contributed by atoms with Gasteiger partial charge in [0.25, 0.3) is 0 Å². The summed E-state index contributed by atoms with van der Waals surface area (Å²) in [6.45, 7) is 8.62. The van der Waals surface area contributed by atoms with Crippen molar-refractivity contribution in [1.82, 2.24) is 0 Å². The topological polar surface area (TPSA) is 17.1 Å². The van der Waals surface area contributed by atoms with Crippen molar-refractivity contribution >= 4 is 27.7 Å². The van der Waals surface area contributed by atoms with Gasteiger partial charge in [0, 0.05) is 0 Å². The van der Waals surface area contributed by atoms with Crippen molar-refractivity contribution in [2.45, 2.75) is 79.5 Å². The number of hydrogen-bond acceptors (Lipinski definition) is 1. The molecule has 0 spiro atoms. The zero-order valence-corrected chi connectivity index (χ0v) is 17.9. The molecule has 0 radical (unpaired) electrons. The number of carbonyl (C=O) groups excluding carboxylic acids is 1. The number of ketones is 1. The van der Waals surface area contributed by atoms with Crippen molar-refractivity contribution < 1.29 is 4.79 Å². The van der Waals surface area contributed by atoms with Crippen molar-refractivity contribution in [3.05, 3.63) is 29.8 Å². The summed E-state index contributed by atoms with van der Waals surface area (Å²) in [5, 5.41) is 0. The van der Waals surface area contributed by atoms with Crippen LogP contribution in [0.5, 0.6) is 0 Å². The second-order valence-corrected chi connectivity index (χ2v) is 20.0. The fourth-order valence-electron chi connectivity index (χ4n) is 3.42. The molecule has 0 aromatic heterocycles. The first kappa shape index (κ1) is 19.7. The Hall–Kier alpha value is -0.311. The van der Waals surface area contributed by atoms with E-state index in [4.69, 9.17) is 0 Å². The van der Waals surface area contributed by atoms with Gasteiger partial charge in [-0.3, -0.25) is 0 Å². The molecule has 0 aliphatic heterocycles. The average Bonchev–Trinajstić information content (AvgIpc) is 2.54. The second kappa shape index (κ2) is 10.5. The Labute approximate surface area is 141 Å². The quantitative estimate of drug-likeness (QED) is 0.326. The summed E-state index contributed by atoms with van der Waals surface area (Å²) in [5.41, 5.74) is 0.920. The minimum atomic E-state index is -2.35. The van der Waals surface area contributed by atoms with Crippen molar-refractivity contribution in [2.24, 2.45) is 0 Å². The van der Waals surface area contributed by atoms with E-state index in [2.05, 4.69) is 39.0 Å². The SMILES string of the molecule is CCC[CH2][Sn]([CH2]CCC)([CH2]CCC)[c]1cccc(C(C)=O)c1. The summed E-state index contributed by atoms with van der Waals surface area (Å²) in [5.74, 6) is 0.212. The van der Waals surface area contributed by atoms with E-state index >= 15 is 0 Å². The van der Waals surface area contributed by atoms with E-state index in [1.54, 1.807) is 10.5 Å². The summed E-state index contributed by atoms with van der Waals surface area (Å²) in [7, 11) is 0. The Morgan fingerprint density at radius 1 is 0.909 bits per heavy atom. The molecule has 0 N–H and O–H groups in total. The van der Waals surface area contributed by atoms with Crippen LogP contribution in [0.1, 0.15) is 76.6 Å². The molecule has 0 fully saturated rings. The molecule has 0 saturated heterocycles. The van der Waals surface area contributed by atoms with Crippen LogP contribution in [0.2, 0.25) is 13.3 Å². The van der Waals surface area contributed by atoms with Crippen molar-refractivity contribution in [2.75, 3.05) is 0 Å². The zero-order valence-electron chi connectivity index (χ0n) is 15.1. The molecule has 1 rings (SSSR count). The van der Waals surface area contributed by atoms with Gasteiger partial charge in [-0.25, -0.2) is 0 Å². The summed E-state index contributed by atoms with van der Waals surface area (Å²) >= 11 is -2.35. The monoisotopic (exact) mass is 410 g/mol. The van der Waals surface area contributed by atoms with Gasteiger partial charge in [0.2, 0.25) is 0 Å². The molecular weight excluding hydrogens is 375 g/mol. The number of unbranched alkanes of at least 4 members (excludes halogenated alkanes) is 3. The van der Waals surface area contributed by atoms with Crippen LogP contribution in [-0.2, 0) is 0 Å². The first-order chi connectivity index (χ1) is 10.6. The van der Waals surface area contributed by atoms with Crippen LogP contribution in [0, 0.1) is 0 Å². The molecular formula is C20H34OSn. The van der Waals surface area contributed by atoms with Gasteiger partial charge in [0.05, 0.1) is 0 Å². The summed E-state index contributed by atoms with van der Waals surface area (Å²) in [6, 6.07) is 8.73. The fraction of sp³-hybridized carbons (Fsp3) is 0.650. The molecule has 0 aliphatic rings. The standard InChI is InChI=1S/C8H7O.3C4H9.Sn/c1-7(9)8-5-3-2-4-6-8;3*1-3-4-2;/h2-3,5-6H,1H3;3*1,3-4H2,2H3;. The molecule has 0 unspecified atom stereocenters. The Morgan fingerprint density at radius 3 is 1.82 bits per heavy atom. The van der Waals surface area contributed by atoms with Gasteiger partial charge in [0.15, 0.2) is 0 Å². The third kappa shape index (κ3) is 5.71. The van der Waals surface area contributed by atoms with Gasteiger partial charge in [0.1, 0.15) is 0 Å². The third-order valence-electron chi connectivity index (χ3n) is 4.91. The van der Waals surface area contributed by atoms with Gasteiger partial charge in [-0.05, 0) is 0 Å². The van der Waals surface area contributed by atoms with E-state index in [0.717, 1.165) is 5.56 Å². The van der Waals surface area contributed by atoms with Crippen molar-refractivity contribution in [3.63, 3.8) is 0 Å². The minimum absolute atomic E-state index is 0.212. The van der Waals surface area contributed by atoms with Gasteiger partial charge < -0.3 is 0 Å². The van der Waals surface area contributed by atoms with Crippen LogP contribution in [0.15, 0.2) is 24.3 Å². The van der Waals surface area contributed by atoms with Crippen LogP contribution in [0.3, 0.4) is 0 Å². The molecule has 1 aromatic rings. The first-order valence-electron chi connectivity index (χ1n) is 9.21. The molecule has 2 heteroatoms. The van der Waals surface area contributed by atoms with E-state index in [0.29, 0.717) is 0 Å².